The second-order valence-corrected chi connectivity index (χ2v) is 8.86. The Morgan fingerprint density at radius 3 is 2.35 bits per heavy atom. The molecule has 2 saturated heterocycles. The monoisotopic (exact) mass is 409 g/mol. The average Bonchev–Trinajstić information content (AvgIpc) is 3.21. The summed E-state index contributed by atoms with van der Waals surface area (Å²) < 4.78 is 1.33. The van der Waals surface area contributed by atoms with E-state index in [1.807, 2.05) is 22.7 Å². The molecule has 2 aromatic heterocycles. The van der Waals surface area contributed by atoms with Crippen molar-refractivity contribution in [3.63, 3.8) is 0 Å². The fourth-order valence-electron chi connectivity index (χ4n) is 4.28. The number of thiophene rings is 2. The fraction of sp³-hybridized carbons (Fsp3) is 0.474. The van der Waals surface area contributed by atoms with Crippen LogP contribution in [0.2, 0.25) is 0 Å². The molecule has 0 unspecified atom stereocenters. The molecule has 0 N–H and O–H groups in total. The van der Waals surface area contributed by atoms with Gasteiger partial charge in [-0.3, -0.25) is 0 Å². The summed E-state index contributed by atoms with van der Waals surface area (Å²) in [5.74, 6) is 0. The highest BCUT2D eigenvalue weighted by Gasteiger charge is 2.40. The molecule has 2 aliphatic heterocycles. The maximum atomic E-state index is 2.50. The van der Waals surface area contributed by atoms with E-state index >= 15 is 0 Å². The molecule has 0 bridgehead atoms. The zero-order valence-corrected chi connectivity index (χ0v) is 16.9. The smallest absolute Gasteiger partial charge is 0.0926 e. The van der Waals surface area contributed by atoms with Crippen LogP contribution in [0.1, 0.15) is 41.9 Å². The Balaban J connectivity index is 0.00000156. The predicted octanol–water partition coefficient (Wildman–Crippen LogP) is 2.41. The van der Waals surface area contributed by atoms with Crippen LogP contribution in [0.15, 0.2) is 40.6 Å². The lowest BCUT2D eigenvalue weighted by atomic mass is 9.84. The summed E-state index contributed by atoms with van der Waals surface area (Å²) in [5, 5.41) is 4.43. The van der Waals surface area contributed by atoms with Crippen molar-refractivity contribution in [1.82, 2.24) is 0 Å². The Kier molecular flexibility index (Phi) is 5.46. The molecule has 2 atom stereocenters. The molecule has 124 valence electrons. The Morgan fingerprint density at radius 2 is 1.74 bits per heavy atom. The minimum Gasteiger partial charge on any atom is -1.00 e. The molecule has 0 radical (unpaired) electrons. The summed E-state index contributed by atoms with van der Waals surface area (Å²) in [6.45, 7) is 2.73. The first-order chi connectivity index (χ1) is 10.8. The molecule has 2 fully saturated rings. The standard InChI is InChI=1S/C19H24NS2.BrH/c1-20-10-3-2-6-16(20)14-15(9-11-20)19(17-7-4-12-21-17)18-8-5-13-22-18;/h4-5,7-8,12-13,16H,2-3,6,9-11,14H2,1H3;1H/q+1;/p-1/t16-,20-;/m1./s1. The Morgan fingerprint density at radius 1 is 1.04 bits per heavy atom. The summed E-state index contributed by atoms with van der Waals surface area (Å²) >= 11 is 3.79. The number of piperidine rings is 2. The van der Waals surface area contributed by atoms with E-state index in [1.54, 1.807) is 11.1 Å². The predicted molar refractivity (Wildman–Crippen MR) is 97.5 cm³/mol. The molecule has 0 aliphatic carbocycles. The third-order valence-electron chi connectivity index (χ3n) is 5.63. The Labute approximate surface area is 158 Å². The maximum Gasteiger partial charge on any atom is 0.0926 e. The molecule has 0 spiro atoms. The van der Waals surface area contributed by atoms with Crippen LogP contribution in [0, 0.1) is 0 Å². The van der Waals surface area contributed by atoms with Crippen molar-refractivity contribution in [2.75, 3.05) is 20.1 Å². The summed E-state index contributed by atoms with van der Waals surface area (Å²) in [5.41, 5.74) is 3.27. The van der Waals surface area contributed by atoms with Crippen molar-refractivity contribution in [2.45, 2.75) is 38.1 Å². The van der Waals surface area contributed by atoms with Gasteiger partial charge in [0.05, 0.1) is 26.2 Å². The molecular formula is C19H24BrNS2. The molecular weight excluding hydrogens is 386 g/mol. The first-order valence-corrected chi connectivity index (χ1v) is 10.2. The van der Waals surface area contributed by atoms with Gasteiger partial charge in [-0.2, -0.15) is 0 Å². The lowest BCUT2D eigenvalue weighted by molar-refractivity contribution is -0.941. The number of hydrogen-bond acceptors (Lipinski definition) is 2. The van der Waals surface area contributed by atoms with Gasteiger partial charge in [0, 0.05) is 28.2 Å². The zero-order valence-electron chi connectivity index (χ0n) is 13.6. The van der Waals surface area contributed by atoms with Gasteiger partial charge in [-0.25, -0.2) is 0 Å². The molecule has 2 aromatic rings. The molecule has 4 heteroatoms. The van der Waals surface area contributed by atoms with Crippen LogP contribution in [-0.4, -0.2) is 30.7 Å². The van der Waals surface area contributed by atoms with Crippen molar-refractivity contribution in [1.29, 1.82) is 0 Å². The van der Waals surface area contributed by atoms with Gasteiger partial charge in [0.1, 0.15) is 0 Å². The number of nitrogens with zero attached hydrogens (tertiary/aromatic N) is 1. The topological polar surface area (TPSA) is 0 Å². The van der Waals surface area contributed by atoms with Crippen LogP contribution in [0.5, 0.6) is 0 Å². The van der Waals surface area contributed by atoms with Crippen molar-refractivity contribution in [2.24, 2.45) is 0 Å². The van der Waals surface area contributed by atoms with Gasteiger partial charge in [-0.05, 0) is 47.7 Å². The average molecular weight is 410 g/mol. The lowest BCUT2D eigenvalue weighted by Crippen LogP contribution is -3.00. The highest BCUT2D eigenvalue weighted by molar-refractivity contribution is 7.13. The molecule has 1 nitrogen and oxygen atoms in total. The third-order valence-corrected chi connectivity index (χ3v) is 7.41. The van der Waals surface area contributed by atoms with Crippen molar-refractivity contribution < 1.29 is 21.5 Å². The normalized spacial score (nSPS) is 27.2. The Bertz CT molecular complexity index is 623. The third kappa shape index (κ3) is 3.37. The van der Waals surface area contributed by atoms with Crippen LogP contribution in [-0.2, 0) is 0 Å². The molecule has 0 amide bonds. The van der Waals surface area contributed by atoms with Gasteiger partial charge in [0.15, 0.2) is 0 Å². The van der Waals surface area contributed by atoms with E-state index in [0.717, 1.165) is 6.04 Å². The number of quaternary nitrogens is 1. The quantitative estimate of drug-likeness (QED) is 0.668. The van der Waals surface area contributed by atoms with Gasteiger partial charge < -0.3 is 21.5 Å². The molecule has 2 aliphatic rings. The van der Waals surface area contributed by atoms with Crippen LogP contribution in [0.3, 0.4) is 0 Å². The van der Waals surface area contributed by atoms with Gasteiger partial charge in [-0.1, -0.05) is 12.1 Å². The zero-order chi connectivity index (χ0) is 15.0. The number of fused-ring (bicyclic) bond motifs is 1. The van der Waals surface area contributed by atoms with E-state index < -0.39 is 0 Å². The fourth-order valence-corrected chi connectivity index (χ4v) is 6.01. The van der Waals surface area contributed by atoms with Crippen molar-refractivity contribution in [3.05, 3.63) is 50.4 Å². The van der Waals surface area contributed by atoms with Crippen molar-refractivity contribution >= 4 is 28.2 Å². The first-order valence-electron chi connectivity index (χ1n) is 8.40. The van der Waals surface area contributed by atoms with Crippen LogP contribution < -0.4 is 17.0 Å². The summed E-state index contributed by atoms with van der Waals surface area (Å²) in [6, 6.07) is 9.84. The first kappa shape index (κ1) is 17.4. The van der Waals surface area contributed by atoms with Gasteiger partial charge in [0.2, 0.25) is 0 Å². The molecule has 23 heavy (non-hydrogen) atoms. The summed E-state index contributed by atoms with van der Waals surface area (Å²) in [7, 11) is 2.50. The molecule has 0 saturated carbocycles. The van der Waals surface area contributed by atoms with E-state index in [4.69, 9.17) is 0 Å². The lowest BCUT2D eigenvalue weighted by Gasteiger charge is -2.48. The largest absolute Gasteiger partial charge is 1.00 e. The number of hydrogen-bond donors (Lipinski definition) is 0. The van der Waals surface area contributed by atoms with Crippen molar-refractivity contribution in [3.8, 4) is 0 Å². The van der Waals surface area contributed by atoms with E-state index in [1.165, 1.54) is 59.4 Å². The molecule has 4 rings (SSSR count). The summed E-state index contributed by atoms with van der Waals surface area (Å²) in [6.07, 6.45) is 6.86. The highest BCUT2D eigenvalue weighted by atomic mass is 79.9. The number of rotatable bonds is 2. The highest BCUT2D eigenvalue weighted by Crippen LogP contribution is 2.41. The van der Waals surface area contributed by atoms with Crippen LogP contribution in [0.25, 0.3) is 5.57 Å². The second kappa shape index (κ2) is 7.22. The van der Waals surface area contributed by atoms with Gasteiger partial charge >= 0.3 is 0 Å². The van der Waals surface area contributed by atoms with Crippen LogP contribution in [0.4, 0.5) is 0 Å². The molecule has 4 heterocycles. The minimum absolute atomic E-state index is 0. The SMILES string of the molecule is C[N@+]12CCCC[C@@H]1CC(=C(c1cccs1)c1cccs1)CC2.[Br-]. The van der Waals surface area contributed by atoms with E-state index in [2.05, 4.69) is 42.1 Å². The second-order valence-electron chi connectivity index (χ2n) is 6.96. The summed E-state index contributed by atoms with van der Waals surface area (Å²) in [4.78, 5) is 2.92. The number of halogens is 1. The van der Waals surface area contributed by atoms with Gasteiger partial charge in [0.25, 0.3) is 0 Å². The van der Waals surface area contributed by atoms with E-state index in [0.29, 0.717) is 0 Å². The minimum atomic E-state index is 0. The van der Waals surface area contributed by atoms with Crippen LogP contribution >= 0.6 is 22.7 Å². The van der Waals surface area contributed by atoms with Gasteiger partial charge in [-0.15, -0.1) is 22.7 Å². The van der Waals surface area contributed by atoms with E-state index in [9.17, 15) is 0 Å². The maximum absolute atomic E-state index is 2.50. The van der Waals surface area contributed by atoms with E-state index in [-0.39, 0.29) is 17.0 Å². The molecule has 0 aromatic carbocycles. The Hall–Kier alpha value is -0.420.